The zero-order valence-electron chi connectivity index (χ0n) is 30.5. The van der Waals surface area contributed by atoms with Crippen LogP contribution in [-0.2, 0) is 0 Å². The van der Waals surface area contributed by atoms with Crippen LogP contribution in [0, 0.1) is 0 Å². The lowest BCUT2D eigenvalue weighted by atomic mass is 9.98. The number of rotatable bonds is 5. The first kappa shape index (κ1) is 31.5. The zero-order chi connectivity index (χ0) is 37.5. The average Bonchev–Trinajstić information content (AvgIpc) is 3.94. The van der Waals surface area contributed by atoms with E-state index >= 15 is 0 Å². The molecule has 0 radical (unpaired) electrons. The van der Waals surface area contributed by atoms with Crippen LogP contribution >= 0.6 is 0 Å². The van der Waals surface area contributed by atoms with Gasteiger partial charge in [-0.3, -0.25) is 9.13 Å². The second-order valence-electron chi connectivity index (χ2n) is 14.4. The minimum Gasteiger partial charge on any atom is -0.456 e. The second kappa shape index (κ2) is 12.3. The van der Waals surface area contributed by atoms with Gasteiger partial charge >= 0.3 is 0 Å². The second-order valence-corrected chi connectivity index (χ2v) is 14.4. The van der Waals surface area contributed by atoms with E-state index in [-0.39, 0.29) is 0 Å². The first-order valence-electron chi connectivity index (χ1n) is 19.1. The molecule has 0 aliphatic rings. The fourth-order valence-electron chi connectivity index (χ4n) is 8.63. The van der Waals surface area contributed by atoms with Gasteiger partial charge in [-0.1, -0.05) is 152 Å². The zero-order valence-corrected chi connectivity index (χ0v) is 30.5. The van der Waals surface area contributed by atoms with E-state index < -0.39 is 0 Å². The molecule has 8 aromatic carbocycles. The number of para-hydroxylation sites is 4. The van der Waals surface area contributed by atoms with E-state index in [9.17, 15) is 0 Å². The fraction of sp³-hybridized carbons (Fsp3) is 0. The summed E-state index contributed by atoms with van der Waals surface area (Å²) in [4.78, 5) is 16.0. The number of hydrogen-bond acceptors (Lipinski definition) is 4. The smallest absolute Gasteiger partial charge is 0.240 e. The largest absolute Gasteiger partial charge is 0.456 e. The molecule has 0 spiro atoms. The first-order valence-corrected chi connectivity index (χ1v) is 19.1. The van der Waals surface area contributed by atoms with Crippen molar-refractivity contribution in [2.24, 2.45) is 0 Å². The van der Waals surface area contributed by atoms with Gasteiger partial charge in [-0.15, -0.1) is 0 Å². The minimum atomic E-state index is 0.548. The monoisotopic (exact) mass is 729 g/mol. The van der Waals surface area contributed by atoms with Crippen molar-refractivity contribution < 1.29 is 4.42 Å². The Bertz CT molecular complexity index is 3470. The van der Waals surface area contributed by atoms with Crippen LogP contribution in [0.3, 0.4) is 0 Å². The molecular weight excluding hydrogens is 699 g/mol. The quantitative estimate of drug-likeness (QED) is 0.177. The summed E-state index contributed by atoms with van der Waals surface area (Å²) in [6.07, 6.45) is 0. The lowest BCUT2D eigenvalue weighted by molar-refractivity contribution is 0.669. The van der Waals surface area contributed by atoms with Gasteiger partial charge < -0.3 is 4.42 Å². The topological polar surface area (TPSA) is 61.7 Å². The predicted octanol–water partition coefficient (Wildman–Crippen LogP) is 13.0. The van der Waals surface area contributed by atoms with Gasteiger partial charge in [0.15, 0.2) is 5.82 Å². The summed E-state index contributed by atoms with van der Waals surface area (Å²) >= 11 is 0. The molecule has 0 saturated carbocycles. The molecule has 0 saturated heterocycles. The number of aromatic nitrogens is 5. The summed E-state index contributed by atoms with van der Waals surface area (Å²) in [7, 11) is 0. The molecule has 0 aliphatic heterocycles. The molecule has 12 rings (SSSR count). The van der Waals surface area contributed by atoms with Crippen molar-refractivity contribution >= 4 is 65.6 Å². The lowest BCUT2D eigenvalue weighted by Gasteiger charge is -2.13. The van der Waals surface area contributed by atoms with Gasteiger partial charge in [0.2, 0.25) is 11.9 Å². The third-order valence-electron chi connectivity index (χ3n) is 11.2. The van der Waals surface area contributed by atoms with Crippen molar-refractivity contribution in [2.45, 2.75) is 0 Å². The molecule has 0 bridgehead atoms. The molecule has 0 N–H and O–H groups in total. The Hall–Kier alpha value is -7.83. The Morgan fingerprint density at radius 1 is 0.333 bits per heavy atom. The van der Waals surface area contributed by atoms with E-state index in [2.05, 4.69) is 173 Å². The summed E-state index contributed by atoms with van der Waals surface area (Å²) in [6.45, 7) is 0. The molecule has 0 amide bonds. The van der Waals surface area contributed by atoms with Crippen molar-refractivity contribution in [1.82, 2.24) is 24.1 Å². The Kier molecular flexibility index (Phi) is 6.83. The Morgan fingerprint density at radius 2 is 0.842 bits per heavy atom. The van der Waals surface area contributed by atoms with Gasteiger partial charge in [-0.25, -0.2) is 0 Å². The third kappa shape index (κ3) is 4.87. The van der Waals surface area contributed by atoms with Gasteiger partial charge in [-0.2, -0.15) is 15.0 Å². The number of nitrogens with zero attached hydrogens (tertiary/aromatic N) is 5. The summed E-state index contributed by atoms with van der Waals surface area (Å²) in [6, 6.07) is 65.6. The third-order valence-corrected chi connectivity index (χ3v) is 11.2. The fourth-order valence-corrected chi connectivity index (χ4v) is 8.63. The van der Waals surface area contributed by atoms with E-state index in [0.29, 0.717) is 17.7 Å². The van der Waals surface area contributed by atoms with Crippen LogP contribution in [0.25, 0.3) is 111 Å². The molecule has 4 heterocycles. The molecule has 0 aliphatic carbocycles. The normalized spacial score (nSPS) is 11.9. The van der Waals surface area contributed by atoms with E-state index in [1.807, 2.05) is 24.3 Å². The van der Waals surface area contributed by atoms with Crippen molar-refractivity contribution in [3.05, 3.63) is 188 Å². The van der Waals surface area contributed by atoms with Crippen molar-refractivity contribution in [3.8, 4) is 45.5 Å². The highest BCUT2D eigenvalue weighted by molar-refractivity contribution is 6.13. The highest BCUT2D eigenvalue weighted by Crippen LogP contribution is 2.39. The number of fused-ring (bicyclic) bond motifs is 9. The molecule has 0 fully saturated rings. The maximum Gasteiger partial charge on any atom is 0.240 e. The number of furan rings is 1. The van der Waals surface area contributed by atoms with E-state index in [0.717, 1.165) is 93.4 Å². The van der Waals surface area contributed by atoms with Gasteiger partial charge in [0.25, 0.3) is 0 Å². The van der Waals surface area contributed by atoms with Crippen LogP contribution in [0.4, 0.5) is 0 Å². The standard InChI is InChI=1S/C51H31N5O/c1-2-13-32(14-3-1)35-29-30-40-39-17-6-10-22-44(39)56(45(40)31-35)51-53-49(52-50(54-51)55-42-20-8-4-15-37(42)38-16-5-9-21-43(38)55)34-27-25-33(26-28-34)36-19-12-24-47-48(36)41-18-7-11-23-46(41)57-47/h1-31H. The van der Waals surface area contributed by atoms with Gasteiger partial charge in [-0.05, 0) is 58.7 Å². The van der Waals surface area contributed by atoms with Crippen LogP contribution in [0.5, 0.6) is 0 Å². The molecule has 12 aromatic rings. The van der Waals surface area contributed by atoms with Crippen LogP contribution in [0.2, 0.25) is 0 Å². The molecule has 266 valence electrons. The summed E-state index contributed by atoms with van der Waals surface area (Å²) in [5.41, 5.74) is 11.2. The molecule has 6 nitrogen and oxygen atoms in total. The average molecular weight is 730 g/mol. The highest BCUT2D eigenvalue weighted by atomic mass is 16.3. The highest BCUT2D eigenvalue weighted by Gasteiger charge is 2.21. The Balaban J connectivity index is 1.11. The Morgan fingerprint density at radius 3 is 1.51 bits per heavy atom. The van der Waals surface area contributed by atoms with E-state index in [1.54, 1.807) is 0 Å². The number of benzene rings is 8. The van der Waals surface area contributed by atoms with Crippen LogP contribution < -0.4 is 0 Å². The molecular formula is C51H31N5O. The van der Waals surface area contributed by atoms with Gasteiger partial charge in [0, 0.05) is 37.9 Å². The number of hydrogen-bond donors (Lipinski definition) is 0. The summed E-state index contributed by atoms with van der Waals surface area (Å²) < 4.78 is 10.6. The van der Waals surface area contributed by atoms with Crippen LogP contribution in [-0.4, -0.2) is 24.1 Å². The van der Waals surface area contributed by atoms with Crippen molar-refractivity contribution in [3.63, 3.8) is 0 Å². The molecule has 57 heavy (non-hydrogen) atoms. The van der Waals surface area contributed by atoms with E-state index in [1.165, 1.54) is 0 Å². The van der Waals surface area contributed by atoms with Gasteiger partial charge in [0.05, 0.1) is 22.1 Å². The predicted molar refractivity (Wildman–Crippen MR) is 232 cm³/mol. The van der Waals surface area contributed by atoms with Gasteiger partial charge in [0.1, 0.15) is 11.2 Å². The summed E-state index contributed by atoms with van der Waals surface area (Å²) in [5.74, 6) is 1.68. The maximum atomic E-state index is 6.23. The SMILES string of the molecule is c1ccc(-c2ccc3c4ccccc4n(-c4nc(-c5ccc(-c6cccc7oc8ccccc8c67)cc5)nc(-n5c6ccccc6c6ccccc65)n4)c3c2)cc1. The summed E-state index contributed by atoms with van der Waals surface area (Å²) in [5, 5.41) is 6.77. The molecule has 4 aromatic heterocycles. The minimum absolute atomic E-state index is 0.548. The maximum absolute atomic E-state index is 6.23. The van der Waals surface area contributed by atoms with Crippen molar-refractivity contribution in [1.29, 1.82) is 0 Å². The lowest BCUT2D eigenvalue weighted by Crippen LogP contribution is -2.10. The Labute approximate surface area is 326 Å². The molecule has 0 atom stereocenters. The van der Waals surface area contributed by atoms with E-state index in [4.69, 9.17) is 19.4 Å². The molecule has 6 heteroatoms. The first-order chi connectivity index (χ1) is 28.3. The van der Waals surface area contributed by atoms with Crippen LogP contribution in [0.1, 0.15) is 0 Å². The van der Waals surface area contributed by atoms with Crippen LogP contribution in [0.15, 0.2) is 192 Å². The van der Waals surface area contributed by atoms with Crippen molar-refractivity contribution in [2.75, 3.05) is 0 Å². The molecule has 0 unspecified atom stereocenters.